The fourth-order valence-electron chi connectivity index (χ4n) is 15.5. The number of ether oxygens (including phenoxy) is 2. The lowest BCUT2D eigenvalue weighted by molar-refractivity contribution is -0.610. The summed E-state index contributed by atoms with van der Waals surface area (Å²) >= 11 is 0. The van der Waals surface area contributed by atoms with Crippen molar-refractivity contribution in [3.05, 3.63) is 247 Å². The van der Waals surface area contributed by atoms with E-state index in [1.165, 1.54) is 0 Å². The fraction of sp³-hybridized carbons (Fsp3) is 0.372. The molecule has 9 aromatic heterocycles. The van der Waals surface area contributed by atoms with Crippen LogP contribution in [0.1, 0.15) is 246 Å². The molecule has 121 heavy (non-hydrogen) atoms. The number of anilines is 2. The van der Waals surface area contributed by atoms with Crippen molar-refractivity contribution in [3.63, 3.8) is 0 Å². The highest BCUT2D eigenvalue weighted by Crippen LogP contribution is 2.28. The summed E-state index contributed by atoms with van der Waals surface area (Å²) in [4.78, 5) is 172. The van der Waals surface area contributed by atoms with E-state index in [4.69, 9.17) is 9.47 Å². The Morgan fingerprint density at radius 3 is 1.17 bits per heavy atom. The van der Waals surface area contributed by atoms with Crippen molar-refractivity contribution in [1.82, 2.24) is 41.5 Å². The Balaban J connectivity index is 0.000000249. The zero-order chi connectivity index (χ0) is 87.4. The molecule has 0 radical (unpaired) electrons. The number of hydrogen-bond donors (Lipinski definition) is 2. The molecule has 0 spiro atoms. The number of aryl methyl sites for hydroxylation is 9. The minimum absolute atomic E-state index is 0.000551. The van der Waals surface area contributed by atoms with E-state index >= 15 is 0 Å². The third-order valence-electron chi connectivity index (χ3n) is 21.4. The number of carbonyl (C=O) groups excluding carboxylic acids is 12. The molecule has 2 aromatic carbocycles. The van der Waals surface area contributed by atoms with Crippen molar-refractivity contribution in [2.24, 2.45) is 56.4 Å². The number of carbonyl (C=O) groups is 12. The first-order chi connectivity index (χ1) is 57.4. The van der Waals surface area contributed by atoms with Crippen molar-refractivity contribution in [1.29, 1.82) is 0 Å². The zero-order valence-electron chi connectivity index (χ0n) is 71.5. The van der Waals surface area contributed by atoms with Crippen molar-refractivity contribution in [3.8, 4) is 11.4 Å². The summed E-state index contributed by atoms with van der Waals surface area (Å²) in [6.07, 6.45) is 23.2. The highest BCUT2D eigenvalue weighted by atomic mass is 16.6. The molecule has 0 fully saturated rings. The standard InChI is InChI=1S/C55H57N7O8.C39H49N5O7/c1-34-19-42-43(56-29-41-26-39-14-10-11-15-44(39)62(41)55(42)69)28-53(34)70-18-12-17-54(68)57-40-27-48(61(6)33-40)52(67)25-38-22-47(60(5)32-38)51(66)24-37-21-46(59(4)31-37)50(65)23-36-20-45(58(3)30-36)49(64)16-9-7-8-13-35(2)63;1-25(45)12-10-9-11-13-34(46)30-14-26(21-41(30)5)17-35(47)31-15-27(22-42(31)6)18-36(48)32-16-28(23-43(32)7)19-37(49)33-20-29(24-44(33)8)40-38(50)51-39(2,3)4/h10-11,14-15,19-22,27-33H,7-9,12-13,16-18,23-26H2,1-6H3;14-16,20-24H,9-13,17-19H2,1-8H3,(H,40,50)/p+1. The van der Waals surface area contributed by atoms with Gasteiger partial charge in [-0.2, -0.15) is 0 Å². The summed E-state index contributed by atoms with van der Waals surface area (Å²) in [6, 6.07) is 25.1. The molecule has 1 aliphatic rings. The van der Waals surface area contributed by atoms with E-state index in [9.17, 15) is 62.3 Å². The largest absolute Gasteiger partial charge is 0.493 e. The minimum Gasteiger partial charge on any atom is -0.493 e. The second-order valence-corrected chi connectivity index (χ2v) is 32.9. The Labute approximate surface area is 702 Å². The Morgan fingerprint density at radius 2 is 0.777 bits per heavy atom. The van der Waals surface area contributed by atoms with Gasteiger partial charge in [0, 0.05) is 194 Å². The summed E-state index contributed by atoms with van der Waals surface area (Å²) < 4.78 is 26.7. The van der Waals surface area contributed by atoms with Crippen LogP contribution >= 0.6 is 0 Å². The molecule has 0 saturated heterocycles. The van der Waals surface area contributed by atoms with E-state index in [0.717, 1.165) is 59.3 Å². The van der Waals surface area contributed by atoms with Gasteiger partial charge in [-0.15, -0.1) is 4.57 Å². The third kappa shape index (κ3) is 22.9. The number of aromatic nitrogens is 10. The smallest absolute Gasteiger partial charge is 0.427 e. The highest BCUT2D eigenvalue weighted by molar-refractivity contribution is 6.04. The van der Waals surface area contributed by atoms with Crippen LogP contribution in [0.4, 0.5) is 16.2 Å². The summed E-state index contributed by atoms with van der Waals surface area (Å²) in [7, 11) is 14.1. The summed E-state index contributed by atoms with van der Waals surface area (Å²) in [6.45, 7) is 10.6. The van der Waals surface area contributed by atoms with Gasteiger partial charge < -0.3 is 60.9 Å². The van der Waals surface area contributed by atoms with Crippen molar-refractivity contribution in [2.45, 2.75) is 169 Å². The number of unbranched alkanes of at least 4 members (excludes halogenated alkanes) is 4. The van der Waals surface area contributed by atoms with Crippen LogP contribution in [0.15, 0.2) is 145 Å². The fourth-order valence-corrected chi connectivity index (χ4v) is 15.5. The van der Waals surface area contributed by atoms with Gasteiger partial charge in [0.05, 0.1) is 81.7 Å². The average Bonchev–Trinajstić information content (AvgIpc) is 1.61. The van der Waals surface area contributed by atoms with Crippen LogP contribution in [0.25, 0.3) is 16.6 Å². The van der Waals surface area contributed by atoms with Gasteiger partial charge in [0.15, 0.2) is 46.3 Å². The van der Waals surface area contributed by atoms with E-state index in [0.29, 0.717) is 147 Å². The predicted molar refractivity (Wildman–Crippen MR) is 458 cm³/mol. The van der Waals surface area contributed by atoms with Crippen LogP contribution < -0.4 is 25.5 Å². The second kappa shape index (κ2) is 38.8. The SMILES string of the molecule is CC(=O)CCCCCC(=O)c1cc(CC(=O)c2cc(CC(=O)c3cc(CC(=O)c4cc(NC(=O)CCCOc5cc6ncc7[n+](c(=O)c6cc5C)-c5ccccc5C7)cn4C)cn3C)cn2C)cn1C.CC(=O)CCCCCC(=O)c1cc(CC(=O)c2cc(CC(=O)c3cc(CC(=O)c4cc(NC(=O)OC(C)(C)C)cn4C)cn3C)cn2C)cn1C. The number of rotatable bonds is 39. The molecule has 1 aliphatic heterocycles. The summed E-state index contributed by atoms with van der Waals surface area (Å²) in [5, 5.41) is 6.03. The van der Waals surface area contributed by atoms with Gasteiger partial charge in [-0.1, -0.05) is 31.0 Å². The molecule has 0 saturated carbocycles. The molecular formula is C94H107N12O15+. The number of para-hydroxylation sites is 1. The van der Waals surface area contributed by atoms with Gasteiger partial charge in [-0.25, -0.2) is 14.6 Å². The number of amides is 2. The average molecular weight is 1640 g/mol. The predicted octanol–water partition coefficient (Wildman–Crippen LogP) is 13.6. The van der Waals surface area contributed by atoms with Crippen LogP contribution in [-0.2, 0) is 120 Å². The summed E-state index contributed by atoms with van der Waals surface area (Å²) in [5.41, 5.74) is 12.1. The molecule has 10 heterocycles. The van der Waals surface area contributed by atoms with Crippen LogP contribution in [0.2, 0.25) is 0 Å². The molecule has 12 rings (SSSR count). The van der Waals surface area contributed by atoms with E-state index in [1.54, 1.807) is 249 Å². The lowest BCUT2D eigenvalue weighted by atomic mass is 10.0. The van der Waals surface area contributed by atoms with Gasteiger partial charge >= 0.3 is 11.7 Å². The number of ketones is 10. The first-order valence-corrected chi connectivity index (χ1v) is 40.8. The topological polar surface area (TPSA) is 321 Å². The van der Waals surface area contributed by atoms with E-state index in [1.807, 2.05) is 31.2 Å². The first-order valence-electron chi connectivity index (χ1n) is 40.8. The minimum atomic E-state index is -0.656. The van der Waals surface area contributed by atoms with E-state index < -0.39 is 11.7 Å². The van der Waals surface area contributed by atoms with Crippen molar-refractivity contribution in [2.75, 3.05) is 17.2 Å². The van der Waals surface area contributed by atoms with Gasteiger partial charge in [-0.05, 0) is 167 Å². The van der Waals surface area contributed by atoms with Crippen LogP contribution in [0, 0.1) is 6.92 Å². The molecular weight excluding hydrogens is 1540 g/mol. The van der Waals surface area contributed by atoms with Gasteiger partial charge in [-0.3, -0.25) is 48.5 Å². The lowest BCUT2D eigenvalue weighted by Crippen LogP contribution is -2.47. The first kappa shape index (κ1) is 88.7. The Kier molecular flexibility index (Phi) is 28.4. The molecule has 0 aliphatic carbocycles. The monoisotopic (exact) mass is 1640 g/mol. The molecule has 27 nitrogen and oxygen atoms in total. The third-order valence-corrected chi connectivity index (χ3v) is 21.4. The molecule has 0 atom stereocenters. The Morgan fingerprint density at radius 1 is 0.421 bits per heavy atom. The number of hydrogen-bond acceptors (Lipinski definition) is 16. The number of fused-ring (bicyclic) bond motifs is 4. The molecule has 2 amide bonds. The van der Waals surface area contributed by atoms with E-state index in [-0.39, 0.29) is 121 Å². The molecule has 2 N–H and O–H groups in total. The van der Waals surface area contributed by atoms with Gasteiger partial charge in [0.1, 0.15) is 28.3 Å². The Hall–Kier alpha value is -13.1. The maximum atomic E-state index is 13.7. The van der Waals surface area contributed by atoms with E-state index in [2.05, 4.69) is 15.6 Å². The maximum Gasteiger partial charge on any atom is 0.427 e. The summed E-state index contributed by atoms with van der Waals surface area (Å²) in [5.74, 6) is -0.287. The quantitative estimate of drug-likeness (QED) is 0.0205. The number of nitrogens with zero attached hydrogens (tertiary/aromatic N) is 10. The zero-order valence-corrected chi connectivity index (χ0v) is 71.5. The molecule has 0 bridgehead atoms. The molecule has 27 heteroatoms. The number of Topliss-reactive ketones (excluding diaryl/α,β-unsaturated/α-hetero) is 10. The van der Waals surface area contributed by atoms with Crippen LogP contribution in [-0.4, -0.2) is 124 Å². The highest BCUT2D eigenvalue weighted by Gasteiger charge is 2.32. The normalized spacial score (nSPS) is 11.6. The van der Waals surface area contributed by atoms with Gasteiger partial charge in [0.2, 0.25) is 17.3 Å². The molecule has 11 aromatic rings. The number of nitrogens with one attached hydrogen (secondary N) is 2. The van der Waals surface area contributed by atoms with Crippen LogP contribution in [0.5, 0.6) is 5.75 Å². The lowest BCUT2D eigenvalue weighted by Gasteiger charge is -2.19. The van der Waals surface area contributed by atoms with Crippen molar-refractivity contribution < 1.29 is 71.6 Å². The molecule has 0 unspecified atom stereocenters. The van der Waals surface area contributed by atoms with Crippen molar-refractivity contribution >= 4 is 92.1 Å². The second-order valence-electron chi connectivity index (χ2n) is 32.9. The maximum absolute atomic E-state index is 13.7. The number of benzene rings is 2. The van der Waals surface area contributed by atoms with Crippen LogP contribution in [0.3, 0.4) is 0 Å². The Bertz CT molecular complexity index is 5940. The molecule has 632 valence electrons. The van der Waals surface area contributed by atoms with Gasteiger partial charge in [0.25, 0.3) is 0 Å².